The molecule has 0 bridgehead atoms. The van der Waals surface area contributed by atoms with Gasteiger partial charge < -0.3 is 10.1 Å². The van der Waals surface area contributed by atoms with E-state index in [1.54, 1.807) is 0 Å². The number of carbonyl (C=O) groups is 1. The van der Waals surface area contributed by atoms with E-state index in [0.717, 1.165) is 5.56 Å². The molecule has 0 radical (unpaired) electrons. The molecule has 0 unspecified atom stereocenters. The fourth-order valence-corrected chi connectivity index (χ4v) is 4.19. The highest BCUT2D eigenvalue weighted by Crippen LogP contribution is 2.37. The highest BCUT2D eigenvalue weighted by Gasteiger charge is 2.53. The maximum atomic E-state index is 12.5. The summed E-state index contributed by atoms with van der Waals surface area (Å²) in [5, 5.41) is 3.15. The number of aryl methyl sites for hydroxylation is 1. The Kier molecular flexibility index (Phi) is 4.20. The molecule has 2 aliphatic rings. The fourth-order valence-electron chi connectivity index (χ4n) is 3.10. The molecule has 1 aromatic rings. The van der Waals surface area contributed by atoms with Crippen molar-refractivity contribution in [2.75, 3.05) is 32.1 Å². The first-order valence-electron chi connectivity index (χ1n) is 7.39. The molecule has 2 heterocycles. The van der Waals surface area contributed by atoms with Crippen molar-refractivity contribution in [2.24, 2.45) is 11.3 Å². The number of fused-ring (bicyclic) bond motifs is 1. The van der Waals surface area contributed by atoms with Crippen molar-refractivity contribution < 1.29 is 17.9 Å². The van der Waals surface area contributed by atoms with Crippen LogP contribution in [-0.2, 0) is 26.0 Å². The second-order valence-corrected chi connectivity index (χ2v) is 7.83. The minimum absolute atomic E-state index is 0.0526. The lowest BCUT2D eigenvalue weighted by Crippen LogP contribution is -2.49. The first-order valence-corrected chi connectivity index (χ1v) is 9.04. The third kappa shape index (κ3) is 3.02. The first-order chi connectivity index (χ1) is 10.5. The third-order valence-electron chi connectivity index (χ3n) is 4.49. The van der Waals surface area contributed by atoms with Gasteiger partial charge in [0.25, 0.3) is 0 Å². The minimum Gasteiger partial charge on any atom is -0.380 e. The van der Waals surface area contributed by atoms with Gasteiger partial charge in [0.1, 0.15) is 0 Å². The highest BCUT2D eigenvalue weighted by molar-refractivity contribution is 7.90. The number of nitrogens with one attached hydrogen (secondary N) is 2. The molecule has 22 heavy (non-hydrogen) atoms. The second-order valence-electron chi connectivity index (χ2n) is 5.98. The molecule has 2 N–H and O–H groups in total. The zero-order valence-electron chi connectivity index (χ0n) is 12.2. The van der Waals surface area contributed by atoms with Gasteiger partial charge in [-0.2, -0.15) is 0 Å². The molecular weight excluding hydrogens is 304 g/mol. The summed E-state index contributed by atoms with van der Waals surface area (Å²) in [6, 6.07) is 9.36. The van der Waals surface area contributed by atoms with Crippen LogP contribution in [0.15, 0.2) is 30.3 Å². The molecule has 3 rings (SSSR count). The molecule has 2 fully saturated rings. The normalized spacial score (nSPS) is 27.5. The van der Waals surface area contributed by atoms with Crippen molar-refractivity contribution in [1.29, 1.82) is 0 Å². The highest BCUT2D eigenvalue weighted by atomic mass is 32.2. The Bertz CT molecular complexity index is 635. The lowest BCUT2D eigenvalue weighted by molar-refractivity contribution is -0.129. The summed E-state index contributed by atoms with van der Waals surface area (Å²) in [5.74, 6) is -0.484. The van der Waals surface area contributed by atoms with Crippen molar-refractivity contribution in [1.82, 2.24) is 10.0 Å². The van der Waals surface area contributed by atoms with Crippen molar-refractivity contribution in [3.8, 4) is 0 Å². The van der Waals surface area contributed by atoms with Gasteiger partial charge in [0.2, 0.25) is 15.9 Å². The van der Waals surface area contributed by atoms with Crippen LogP contribution in [0.1, 0.15) is 5.56 Å². The van der Waals surface area contributed by atoms with Crippen molar-refractivity contribution in [3.05, 3.63) is 35.9 Å². The number of ether oxygens (including phenoxy) is 1. The van der Waals surface area contributed by atoms with E-state index in [0.29, 0.717) is 26.1 Å². The van der Waals surface area contributed by atoms with Crippen LogP contribution in [0, 0.1) is 11.3 Å². The average molecular weight is 324 g/mol. The third-order valence-corrected chi connectivity index (χ3v) is 5.73. The Labute approximate surface area is 130 Å². The van der Waals surface area contributed by atoms with Crippen LogP contribution < -0.4 is 10.0 Å². The summed E-state index contributed by atoms with van der Waals surface area (Å²) in [6.45, 7) is 1.95. The van der Waals surface area contributed by atoms with Gasteiger partial charge in [-0.15, -0.1) is 0 Å². The molecule has 1 aromatic carbocycles. The van der Waals surface area contributed by atoms with Crippen LogP contribution >= 0.6 is 0 Å². The predicted molar refractivity (Wildman–Crippen MR) is 81.7 cm³/mol. The molecule has 2 atom stereocenters. The molecule has 2 saturated heterocycles. The second kappa shape index (κ2) is 5.98. The van der Waals surface area contributed by atoms with Crippen LogP contribution in [0.3, 0.4) is 0 Å². The van der Waals surface area contributed by atoms with E-state index in [9.17, 15) is 13.2 Å². The smallest absolute Gasteiger partial charge is 0.243 e. The molecule has 7 heteroatoms. The van der Waals surface area contributed by atoms with Gasteiger partial charge >= 0.3 is 0 Å². The summed E-state index contributed by atoms with van der Waals surface area (Å²) in [7, 11) is -3.64. The molecule has 0 spiro atoms. The number of sulfonamides is 1. The number of hydrogen-bond donors (Lipinski definition) is 2. The van der Waals surface area contributed by atoms with E-state index in [1.807, 2.05) is 30.3 Å². The van der Waals surface area contributed by atoms with E-state index in [1.165, 1.54) is 0 Å². The molecule has 1 amide bonds. The van der Waals surface area contributed by atoms with E-state index in [4.69, 9.17) is 4.74 Å². The summed E-state index contributed by atoms with van der Waals surface area (Å²) < 4.78 is 32.0. The number of carbonyl (C=O) groups excluding carboxylic acids is 1. The largest absolute Gasteiger partial charge is 0.380 e. The standard InChI is InChI=1S/C15H20N2O4S/c18-14(15-10-16-8-13(15)9-21-11-15)17-22(19,20)7-6-12-4-2-1-3-5-12/h1-5,13,16H,6-11H2,(H,17,18)/t13-,15-/m0/s1. The topological polar surface area (TPSA) is 84.5 Å². The number of rotatable bonds is 5. The van der Waals surface area contributed by atoms with E-state index < -0.39 is 21.3 Å². The lowest BCUT2D eigenvalue weighted by atomic mass is 9.80. The zero-order valence-corrected chi connectivity index (χ0v) is 13.1. The maximum absolute atomic E-state index is 12.5. The summed E-state index contributed by atoms with van der Waals surface area (Å²) in [5.41, 5.74) is 0.197. The van der Waals surface area contributed by atoms with Crippen LogP contribution in [-0.4, -0.2) is 46.4 Å². The van der Waals surface area contributed by atoms with E-state index in [2.05, 4.69) is 10.0 Å². The van der Waals surface area contributed by atoms with Gasteiger partial charge in [0.15, 0.2) is 0 Å². The summed E-state index contributed by atoms with van der Waals surface area (Å²) >= 11 is 0. The van der Waals surface area contributed by atoms with Gasteiger partial charge in [-0.25, -0.2) is 8.42 Å². The van der Waals surface area contributed by atoms with Gasteiger partial charge in [-0.05, 0) is 12.0 Å². The number of hydrogen-bond acceptors (Lipinski definition) is 5. The maximum Gasteiger partial charge on any atom is 0.243 e. The molecule has 0 aromatic heterocycles. The first kappa shape index (κ1) is 15.5. The Morgan fingerprint density at radius 3 is 2.91 bits per heavy atom. The lowest BCUT2D eigenvalue weighted by Gasteiger charge is -2.24. The SMILES string of the molecule is O=C(NS(=O)(=O)CCc1ccccc1)[C@]12CNC[C@H]1COC2. The van der Waals surface area contributed by atoms with Crippen LogP contribution in [0.2, 0.25) is 0 Å². The predicted octanol–water partition coefficient (Wildman–Crippen LogP) is -0.0889. The minimum atomic E-state index is -3.64. The van der Waals surface area contributed by atoms with Gasteiger partial charge in [0.05, 0.1) is 24.4 Å². The van der Waals surface area contributed by atoms with Crippen LogP contribution in [0.25, 0.3) is 0 Å². The summed E-state index contributed by atoms with van der Waals surface area (Å²) in [6.07, 6.45) is 0.384. The molecule has 0 saturated carbocycles. The van der Waals surface area contributed by atoms with Gasteiger partial charge in [-0.1, -0.05) is 30.3 Å². The van der Waals surface area contributed by atoms with Crippen molar-refractivity contribution in [3.63, 3.8) is 0 Å². The quantitative estimate of drug-likeness (QED) is 0.791. The average Bonchev–Trinajstić information content (AvgIpc) is 3.06. The van der Waals surface area contributed by atoms with Gasteiger partial charge in [-0.3, -0.25) is 9.52 Å². The fraction of sp³-hybridized carbons (Fsp3) is 0.533. The van der Waals surface area contributed by atoms with Gasteiger partial charge in [0, 0.05) is 19.0 Å². The van der Waals surface area contributed by atoms with E-state index >= 15 is 0 Å². The molecule has 6 nitrogen and oxygen atoms in total. The van der Waals surface area contributed by atoms with Crippen LogP contribution in [0.5, 0.6) is 0 Å². The van der Waals surface area contributed by atoms with Crippen molar-refractivity contribution in [2.45, 2.75) is 6.42 Å². The Morgan fingerprint density at radius 2 is 2.14 bits per heavy atom. The Hall–Kier alpha value is -1.44. The molecule has 2 aliphatic heterocycles. The molecule has 0 aliphatic carbocycles. The Balaban J connectivity index is 1.63. The molecular formula is C15H20N2O4S. The summed E-state index contributed by atoms with van der Waals surface area (Å²) in [4.78, 5) is 12.5. The number of benzene rings is 1. The number of amides is 1. The zero-order chi connectivity index (χ0) is 15.6. The monoisotopic (exact) mass is 324 g/mol. The van der Waals surface area contributed by atoms with Crippen LogP contribution in [0.4, 0.5) is 0 Å². The van der Waals surface area contributed by atoms with E-state index in [-0.39, 0.29) is 18.3 Å². The Morgan fingerprint density at radius 1 is 1.36 bits per heavy atom. The van der Waals surface area contributed by atoms with Crippen molar-refractivity contribution >= 4 is 15.9 Å². The molecule has 120 valence electrons.